The summed E-state index contributed by atoms with van der Waals surface area (Å²) >= 11 is 0. The van der Waals surface area contributed by atoms with Crippen LogP contribution in [0.15, 0.2) is 18.2 Å². The number of hydrogen-bond acceptors (Lipinski definition) is 4. The van der Waals surface area contributed by atoms with Crippen molar-refractivity contribution in [2.45, 2.75) is 63.7 Å². The molecule has 1 aromatic carbocycles. The number of methoxy groups -OCH3 is 1. The second-order valence-corrected chi connectivity index (χ2v) is 7.99. The SMILES string of the molecule is COc1ccc2[nH]c(C)c(CCN3C(=O)OC4(CCCCC4)[C@@]3(C)O)c2c1. The Labute approximate surface area is 159 Å². The van der Waals surface area contributed by atoms with E-state index in [1.165, 1.54) is 4.90 Å². The van der Waals surface area contributed by atoms with Crippen LogP contribution in [0.4, 0.5) is 4.79 Å². The van der Waals surface area contributed by atoms with Gasteiger partial charge in [-0.1, -0.05) is 6.42 Å². The first-order valence-corrected chi connectivity index (χ1v) is 9.76. The Morgan fingerprint density at radius 3 is 2.74 bits per heavy atom. The van der Waals surface area contributed by atoms with E-state index in [-0.39, 0.29) is 0 Å². The third kappa shape index (κ3) is 2.78. The zero-order valence-corrected chi connectivity index (χ0v) is 16.3. The van der Waals surface area contributed by atoms with E-state index in [2.05, 4.69) is 4.98 Å². The monoisotopic (exact) mass is 372 g/mol. The summed E-state index contributed by atoms with van der Waals surface area (Å²) in [6, 6.07) is 5.94. The van der Waals surface area contributed by atoms with Crippen molar-refractivity contribution < 1.29 is 19.4 Å². The summed E-state index contributed by atoms with van der Waals surface area (Å²) in [7, 11) is 1.65. The predicted molar refractivity (Wildman–Crippen MR) is 103 cm³/mol. The highest BCUT2D eigenvalue weighted by Crippen LogP contribution is 2.47. The molecule has 1 spiro atoms. The molecule has 2 heterocycles. The summed E-state index contributed by atoms with van der Waals surface area (Å²) in [4.78, 5) is 17.5. The standard InChI is InChI=1S/C21H28N2O4/c1-14-16(17-13-15(26-3)7-8-18(17)22-14)9-12-23-19(24)27-21(20(23,2)25)10-5-4-6-11-21/h7-8,13,22,25H,4-6,9-12H2,1-3H3/t20-/m1/s1. The molecule has 1 aliphatic heterocycles. The first kappa shape index (κ1) is 18.2. The van der Waals surface area contributed by atoms with Crippen molar-refractivity contribution in [2.75, 3.05) is 13.7 Å². The van der Waals surface area contributed by atoms with Crippen molar-refractivity contribution in [3.05, 3.63) is 29.5 Å². The van der Waals surface area contributed by atoms with Crippen molar-refractivity contribution in [1.29, 1.82) is 0 Å². The Morgan fingerprint density at radius 1 is 1.30 bits per heavy atom. The van der Waals surface area contributed by atoms with Gasteiger partial charge in [0.1, 0.15) is 5.75 Å². The highest BCUT2D eigenvalue weighted by Gasteiger charge is 2.61. The van der Waals surface area contributed by atoms with E-state index in [1.54, 1.807) is 14.0 Å². The van der Waals surface area contributed by atoms with Crippen LogP contribution in [0.2, 0.25) is 0 Å². The predicted octanol–water partition coefficient (Wildman–Crippen LogP) is 3.89. The largest absolute Gasteiger partial charge is 0.497 e. The molecule has 6 nitrogen and oxygen atoms in total. The Kier molecular flexibility index (Phi) is 4.34. The van der Waals surface area contributed by atoms with Crippen LogP contribution < -0.4 is 4.74 Å². The summed E-state index contributed by atoms with van der Waals surface area (Å²) in [5, 5.41) is 12.3. The zero-order chi connectivity index (χ0) is 19.2. The molecule has 27 heavy (non-hydrogen) atoms. The minimum absolute atomic E-state index is 0.406. The lowest BCUT2D eigenvalue weighted by Crippen LogP contribution is -2.57. The first-order valence-electron chi connectivity index (χ1n) is 9.76. The lowest BCUT2D eigenvalue weighted by molar-refractivity contribution is -0.158. The van der Waals surface area contributed by atoms with Crippen molar-refractivity contribution in [3.63, 3.8) is 0 Å². The van der Waals surface area contributed by atoms with Gasteiger partial charge in [-0.3, -0.25) is 4.90 Å². The Bertz CT molecular complexity index is 864. The van der Waals surface area contributed by atoms with Crippen LogP contribution in [-0.2, 0) is 11.2 Å². The number of aryl methyl sites for hydroxylation is 1. The summed E-state index contributed by atoms with van der Waals surface area (Å²) in [6.07, 6.45) is 4.79. The van der Waals surface area contributed by atoms with E-state index in [0.29, 0.717) is 13.0 Å². The summed E-state index contributed by atoms with van der Waals surface area (Å²) in [5.41, 5.74) is 1.21. The molecule has 1 aliphatic carbocycles. The molecule has 1 saturated carbocycles. The van der Waals surface area contributed by atoms with E-state index < -0.39 is 17.4 Å². The molecule has 2 N–H and O–H groups in total. The first-order chi connectivity index (χ1) is 12.9. The molecule has 0 radical (unpaired) electrons. The van der Waals surface area contributed by atoms with Crippen LogP contribution in [0.3, 0.4) is 0 Å². The van der Waals surface area contributed by atoms with Crippen molar-refractivity contribution >= 4 is 17.0 Å². The van der Waals surface area contributed by atoms with Gasteiger partial charge in [-0.25, -0.2) is 4.79 Å². The average molecular weight is 372 g/mol. The van der Waals surface area contributed by atoms with Gasteiger partial charge in [0, 0.05) is 23.1 Å². The maximum atomic E-state index is 12.6. The van der Waals surface area contributed by atoms with Crippen molar-refractivity contribution in [2.24, 2.45) is 0 Å². The number of H-pyrrole nitrogens is 1. The second-order valence-electron chi connectivity index (χ2n) is 7.99. The maximum Gasteiger partial charge on any atom is 0.412 e. The number of ether oxygens (including phenoxy) is 2. The molecule has 2 aromatic rings. The topological polar surface area (TPSA) is 74.8 Å². The molecule has 4 rings (SSSR count). The number of fused-ring (bicyclic) bond motifs is 1. The van der Waals surface area contributed by atoms with Gasteiger partial charge in [0.15, 0.2) is 11.3 Å². The van der Waals surface area contributed by atoms with E-state index in [1.807, 2.05) is 25.1 Å². The number of nitrogens with zero attached hydrogens (tertiary/aromatic N) is 1. The van der Waals surface area contributed by atoms with Crippen LogP contribution >= 0.6 is 0 Å². The zero-order valence-electron chi connectivity index (χ0n) is 16.3. The molecule has 1 atom stereocenters. The van der Waals surface area contributed by atoms with Gasteiger partial charge < -0.3 is 19.6 Å². The van der Waals surface area contributed by atoms with Gasteiger partial charge in [-0.15, -0.1) is 0 Å². The number of carbonyl (C=O) groups is 1. The molecule has 1 aromatic heterocycles. The van der Waals surface area contributed by atoms with Gasteiger partial charge in [0.25, 0.3) is 0 Å². The number of aliphatic hydroxyl groups is 1. The smallest absolute Gasteiger partial charge is 0.412 e. The molecule has 0 bridgehead atoms. The summed E-state index contributed by atoms with van der Waals surface area (Å²) in [5.74, 6) is 0.802. The third-order valence-corrected chi connectivity index (χ3v) is 6.47. The molecule has 0 unspecified atom stereocenters. The van der Waals surface area contributed by atoms with Crippen LogP contribution in [0.25, 0.3) is 10.9 Å². The molecule has 146 valence electrons. The van der Waals surface area contributed by atoms with E-state index in [9.17, 15) is 9.90 Å². The summed E-state index contributed by atoms with van der Waals surface area (Å²) < 4.78 is 11.1. The number of aromatic nitrogens is 1. The highest BCUT2D eigenvalue weighted by molar-refractivity contribution is 5.86. The Morgan fingerprint density at radius 2 is 2.04 bits per heavy atom. The van der Waals surface area contributed by atoms with Gasteiger partial charge in [-0.05, 0) is 69.7 Å². The van der Waals surface area contributed by atoms with Crippen LogP contribution in [0.5, 0.6) is 5.75 Å². The van der Waals surface area contributed by atoms with Crippen molar-refractivity contribution in [1.82, 2.24) is 9.88 Å². The lowest BCUT2D eigenvalue weighted by atomic mass is 9.77. The number of carbonyl (C=O) groups excluding carboxylic acids is 1. The fourth-order valence-electron chi connectivity index (χ4n) is 4.78. The van der Waals surface area contributed by atoms with E-state index in [4.69, 9.17) is 9.47 Å². The van der Waals surface area contributed by atoms with Gasteiger partial charge in [0.05, 0.1) is 7.11 Å². The number of rotatable bonds is 4. The molecule has 1 amide bonds. The molecular weight excluding hydrogens is 344 g/mol. The van der Waals surface area contributed by atoms with Crippen molar-refractivity contribution in [3.8, 4) is 5.75 Å². The molecule has 2 fully saturated rings. The van der Waals surface area contributed by atoms with Crippen LogP contribution in [0, 0.1) is 6.92 Å². The fourth-order valence-corrected chi connectivity index (χ4v) is 4.78. The molecule has 6 heteroatoms. The molecule has 2 aliphatic rings. The van der Waals surface area contributed by atoms with Crippen LogP contribution in [0.1, 0.15) is 50.3 Å². The van der Waals surface area contributed by atoms with E-state index in [0.717, 1.165) is 60.0 Å². The second kappa shape index (κ2) is 6.44. The fraction of sp³-hybridized carbons (Fsp3) is 0.571. The number of hydrogen-bond donors (Lipinski definition) is 2. The highest BCUT2D eigenvalue weighted by atomic mass is 16.6. The number of benzene rings is 1. The normalized spacial score (nSPS) is 24.6. The maximum absolute atomic E-state index is 12.6. The average Bonchev–Trinajstić information content (AvgIpc) is 3.04. The van der Waals surface area contributed by atoms with E-state index >= 15 is 0 Å². The van der Waals surface area contributed by atoms with Gasteiger partial charge in [-0.2, -0.15) is 0 Å². The Balaban J connectivity index is 1.59. The number of aromatic amines is 1. The Hall–Kier alpha value is -2.21. The quantitative estimate of drug-likeness (QED) is 0.854. The lowest BCUT2D eigenvalue weighted by Gasteiger charge is -2.42. The molecular formula is C21H28N2O4. The number of nitrogens with one attached hydrogen (secondary N) is 1. The summed E-state index contributed by atoms with van der Waals surface area (Å²) in [6.45, 7) is 4.18. The molecule has 1 saturated heterocycles. The van der Waals surface area contributed by atoms with Gasteiger partial charge >= 0.3 is 6.09 Å². The van der Waals surface area contributed by atoms with Gasteiger partial charge in [0.2, 0.25) is 0 Å². The minimum Gasteiger partial charge on any atom is -0.497 e. The number of amides is 1. The van der Waals surface area contributed by atoms with Crippen LogP contribution in [-0.4, -0.2) is 46.1 Å². The minimum atomic E-state index is -1.28. The third-order valence-electron chi connectivity index (χ3n) is 6.47.